The summed E-state index contributed by atoms with van der Waals surface area (Å²) in [7, 11) is 0. The molecule has 1 amide bonds. The van der Waals surface area contributed by atoms with E-state index in [1.54, 1.807) is 0 Å². The van der Waals surface area contributed by atoms with Gasteiger partial charge in [0.25, 0.3) is 0 Å². The van der Waals surface area contributed by atoms with Crippen molar-refractivity contribution in [3.63, 3.8) is 0 Å². The summed E-state index contributed by atoms with van der Waals surface area (Å²) in [4.78, 5) is 12.2. The van der Waals surface area contributed by atoms with Crippen LogP contribution in [0.25, 0.3) is 0 Å². The predicted molar refractivity (Wildman–Crippen MR) is 68.2 cm³/mol. The maximum Gasteiger partial charge on any atom is 0.225 e. The molecule has 0 saturated carbocycles. The van der Waals surface area contributed by atoms with E-state index in [4.69, 9.17) is 9.47 Å². The average Bonchev–Trinajstić information content (AvgIpc) is 2.77. The molecule has 2 heterocycles. The Hall–Kier alpha value is -0.130. The molecule has 98 valence electrons. The van der Waals surface area contributed by atoms with Gasteiger partial charge in [-0.1, -0.05) is 15.9 Å². The maximum absolute atomic E-state index is 12.2. The van der Waals surface area contributed by atoms with Gasteiger partial charge in [0.15, 0.2) is 0 Å². The monoisotopic (exact) mass is 305 g/mol. The van der Waals surface area contributed by atoms with Crippen molar-refractivity contribution < 1.29 is 14.3 Å². The quantitative estimate of drug-likeness (QED) is 0.803. The van der Waals surface area contributed by atoms with E-state index in [-0.39, 0.29) is 23.5 Å². The molecule has 5 heteroatoms. The lowest BCUT2D eigenvalue weighted by molar-refractivity contribution is -0.127. The number of amides is 1. The number of ether oxygens (including phenoxy) is 2. The molecular formula is C12H20BrNO3. The van der Waals surface area contributed by atoms with Crippen LogP contribution in [0, 0.1) is 5.92 Å². The summed E-state index contributed by atoms with van der Waals surface area (Å²) in [6, 6.07) is 0. The smallest absolute Gasteiger partial charge is 0.225 e. The summed E-state index contributed by atoms with van der Waals surface area (Å²) >= 11 is 3.52. The van der Waals surface area contributed by atoms with E-state index in [1.807, 2.05) is 6.92 Å². The van der Waals surface area contributed by atoms with Crippen LogP contribution in [-0.2, 0) is 14.3 Å². The second-order valence-electron chi connectivity index (χ2n) is 5.09. The highest BCUT2D eigenvalue weighted by Gasteiger charge is 2.36. The standard InChI is InChI=1S/C12H20BrNO3/c1-9-6-10(7-17-9)11(15)14-12(8-13)2-4-16-5-3-12/h9-10H,2-8H2,1H3,(H,14,15). The Bertz CT molecular complexity index is 279. The second kappa shape index (κ2) is 5.67. The molecule has 2 atom stereocenters. The van der Waals surface area contributed by atoms with E-state index >= 15 is 0 Å². The fraction of sp³-hybridized carbons (Fsp3) is 0.917. The fourth-order valence-electron chi connectivity index (χ4n) is 2.42. The van der Waals surface area contributed by atoms with Gasteiger partial charge < -0.3 is 14.8 Å². The van der Waals surface area contributed by atoms with Crippen molar-refractivity contribution in [1.29, 1.82) is 0 Å². The Balaban J connectivity index is 1.91. The maximum atomic E-state index is 12.2. The van der Waals surface area contributed by atoms with Gasteiger partial charge in [0.2, 0.25) is 5.91 Å². The van der Waals surface area contributed by atoms with Gasteiger partial charge in [0.05, 0.1) is 24.2 Å². The summed E-state index contributed by atoms with van der Waals surface area (Å²) in [5.74, 6) is 0.152. The SMILES string of the molecule is CC1CC(C(=O)NC2(CBr)CCOCC2)CO1. The molecule has 0 bridgehead atoms. The summed E-state index contributed by atoms with van der Waals surface area (Å²) < 4.78 is 10.8. The third-order valence-electron chi connectivity index (χ3n) is 3.66. The topological polar surface area (TPSA) is 47.6 Å². The fourth-order valence-corrected chi connectivity index (χ4v) is 3.12. The van der Waals surface area contributed by atoms with Gasteiger partial charge in [-0.05, 0) is 26.2 Å². The first-order valence-electron chi connectivity index (χ1n) is 6.22. The largest absolute Gasteiger partial charge is 0.381 e. The molecule has 1 N–H and O–H groups in total. The van der Waals surface area contributed by atoms with E-state index in [1.165, 1.54) is 0 Å². The van der Waals surface area contributed by atoms with Crippen molar-refractivity contribution in [2.45, 2.75) is 37.8 Å². The number of hydrogen-bond donors (Lipinski definition) is 1. The van der Waals surface area contributed by atoms with Gasteiger partial charge in [-0.2, -0.15) is 0 Å². The van der Waals surface area contributed by atoms with E-state index in [9.17, 15) is 4.79 Å². The minimum atomic E-state index is -0.124. The Kier molecular flexibility index (Phi) is 4.44. The van der Waals surface area contributed by atoms with Crippen molar-refractivity contribution in [3.8, 4) is 0 Å². The summed E-state index contributed by atoms with van der Waals surface area (Å²) in [5.41, 5.74) is -0.124. The molecule has 2 aliphatic rings. The molecule has 0 aromatic heterocycles. The average molecular weight is 306 g/mol. The Labute approximate surface area is 111 Å². The summed E-state index contributed by atoms with van der Waals surface area (Å²) in [6.45, 7) is 4.02. The normalized spacial score (nSPS) is 32.4. The highest BCUT2D eigenvalue weighted by Crippen LogP contribution is 2.25. The number of carbonyl (C=O) groups is 1. The summed E-state index contributed by atoms with van der Waals surface area (Å²) in [5, 5.41) is 3.99. The number of alkyl halides is 1. The zero-order chi connectivity index (χ0) is 12.3. The zero-order valence-corrected chi connectivity index (χ0v) is 11.8. The third-order valence-corrected chi connectivity index (χ3v) is 4.74. The number of hydrogen-bond acceptors (Lipinski definition) is 3. The van der Waals surface area contributed by atoms with Crippen LogP contribution < -0.4 is 5.32 Å². The van der Waals surface area contributed by atoms with Crippen LogP contribution in [0.15, 0.2) is 0 Å². The third kappa shape index (κ3) is 3.20. The van der Waals surface area contributed by atoms with E-state index in [0.29, 0.717) is 6.61 Å². The zero-order valence-electron chi connectivity index (χ0n) is 10.2. The van der Waals surface area contributed by atoms with Gasteiger partial charge >= 0.3 is 0 Å². The Morgan fingerprint density at radius 2 is 2.18 bits per heavy atom. The Morgan fingerprint density at radius 3 is 2.71 bits per heavy atom. The summed E-state index contributed by atoms with van der Waals surface area (Å²) in [6.07, 6.45) is 2.81. The molecule has 0 radical (unpaired) electrons. The predicted octanol–water partition coefficient (Wildman–Crippen LogP) is 1.47. The van der Waals surface area contributed by atoms with Crippen LogP contribution >= 0.6 is 15.9 Å². The van der Waals surface area contributed by atoms with Crippen LogP contribution in [0.5, 0.6) is 0 Å². The first-order valence-corrected chi connectivity index (χ1v) is 7.35. The number of halogens is 1. The minimum absolute atomic E-state index is 0.0174. The molecule has 2 unspecified atom stereocenters. The van der Waals surface area contributed by atoms with Crippen molar-refractivity contribution in [1.82, 2.24) is 5.32 Å². The highest BCUT2D eigenvalue weighted by atomic mass is 79.9. The first-order chi connectivity index (χ1) is 8.15. The highest BCUT2D eigenvalue weighted by molar-refractivity contribution is 9.09. The van der Waals surface area contributed by atoms with Gasteiger partial charge in [0, 0.05) is 18.5 Å². The minimum Gasteiger partial charge on any atom is -0.381 e. The molecule has 2 aliphatic heterocycles. The van der Waals surface area contributed by atoms with Gasteiger partial charge in [-0.15, -0.1) is 0 Å². The molecule has 0 spiro atoms. The second-order valence-corrected chi connectivity index (χ2v) is 5.65. The van der Waals surface area contributed by atoms with Crippen LogP contribution in [0.1, 0.15) is 26.2 Å². The van der Waals surface area contributed by atoms with E-state index in [2.05, 4.69) is 21.2 Å². The molecule has 0 aromatic rings. The molecule has 0 aliphatic carbocycles. The molecule has 17 heavy (non-hydrogen) atoms. The van der Waals surface area contributed by atoms with Crippen LogP contribution in [-0.4, -0.2) is 42.7 Å². The molecule has 2 rings (SSSR count). The van der Waals surface area contributed by atoms with Crippen LogP contribution in [0.4, 0.5) is 0 Å². The first kappa shape index (κ1) is 13.3. The molecule has 0 aromatic carbocycles. The van der Waals surface area contributed by atoms with E-state index in [0.717, 1.165) is 37.8 Å². The van der Waals surface area contributed by atoms with Crippen molar-refractivity contribution in [2.24, 2.45) is 5.92 Å². The number of rotatable bonds is 3. The van der Waals surface area contributed by atoms with E-state index < -0.39 is 0 Å². The van der Waals surface area contributed by atoms with Crippen molar-refractivity contribution in [3.05, 3.63) is 0 Å². The number of carbonyl (C=O) groups excluding carboxylic acids is 1. The Morgan fingerprint density at radius 1 is 1.47 bits per heavy atom. The van der Waals surface area contributed by atoms with Gasteiger partial charge in [-0.3, -0.25) is 4.79 Å². The van der Waals surface area contributed by atoms with Crippen molar-refractivity contribution >= 4 is 21.8 Å². The van der Waals surface area contributed by atoms with Crippen LogP contribution in [0.3, 0.4) is 0 Å². The molecule has 2 fully saturated rings. The molecule has 2 saturated heterocycles. The van der Waals surface area contributed by atoms with Crippen LogP contribution in [0.2, 0.25) is 0 Å². The lowest BCUT2D eigenvalue weighted by Crippen LogP contribution is -2.55. The van der Waals surface area contributed by atoms with Gasteiger partial charge in [0.1, 0.15) is 0 Å². The molecular weight excluding hydrogens is 286 g/mol. The molecule has 4 nitrogen and oxygen atoms in total. The number of nitrogens with one attached hydrogen (secondary N) is 1. The van der Waals surface area contributed by atoms with Gasteiger partial charge in [-0.25, -0.2) is 0 Å². The lowest BCUT2D eigenvalue weighted by Gasteiger charge is -2.37. The lowest BCUT2D eigenvalue weighted by atomic mass is 9.91. The van der Waals surface area contributed by atoms with Crippen molar-refractivity contribution in [2.75, 3.05) is 25.2 Å².